The van der Waals surface area contributed by atoms with Crippen molar-refractivity contribution in [2.24, 2.45) is 0 Å². The van der Waals surface area contributed by atoms with Gasteiger partial charge in [-0.3, -0.25) is 0 Å². The van der Waals surface area contributed by atoms with Crippen molar-refractivity contribution in [1.82, 2.24) is 0 Å². The van der Waals surface area contributed by atoms with Crippen LogP contribution in [0.25, 0.3) is 0 Å². The van der Waals surface area contributed by atoms with Crippen LogP contribution in [0.5, 0.6) is 0 Å². The summed E-state index contributed by atoms with van der Waals surface area (Å²) in [7, 11) is 0. The van der Waals surface area contributed by atoms with Gasteiger partial charge in [-0.05, 0) is 0 Å². The van der Waals surface area contributed by atoms with Crippen molar-refractivity contribution in [1.29, 1.82) is 0 Å². The minimum absolute atomic E-state index is 0.220. The van der Waals surface area contributed by atoms with Gasteiger partial charge in [-0.15, -0.1) is 0 Å². The summed E-state index contributed by atoms with van der Waals surface area (Å²) < 4.78 is 13.9. The van der Waals surface area contributed by atoms with E-state index in [9.17, 15) is 4.79 Å². The molecule has 3 atom stereocenters. The van der Waals surface area contributed by atoms with Crippen molar-refractivity contribution in [2.45, 2.75) is 18.5 Å². The lowest BCUT2D eigenvalue weighted by atomic mass is 10.2. The van der Waals surface area contributed by atoms with Gasteiger partial charge in [0.2, 0.25) is 0 Å². The molecule has 2 aliphatic rings. The molecule has 10 heavy (non-hydrogen) atoms. The molecular weight excluding hydrogens is 140 g/mol. The third-order valence-electron chi connectivity index (χ3n) is 1.56. The minimum Gasteiger partial charge on any atom is -0.424 e. The van der Waals surface area contributed by atoms with Crippen LogP contribution in [0.4, 0.5) is 4.79 Å². The van der Waals surface area contributed by atoms with Crippen LogP contribution >= 0.6 is 0 Å². The van der Waals surface area contributed by atoms with Crippen molar-refractivity contribution < 1.29 is 24.1 Å². The highest BCUT2D eigenvalue weighted by Gasteiger charge is 2.47. The van der Waals surface area contributed by atoms with Gasteiger partial charge in [0.25, 0.3) is 0 Å². The lowest BCUT2D eigenvalue weighted by Gasteiger charge is -2.05. The Morgan fingerprint density at radius 2 is 2.30 bits per heavy atom. The molecule has 2 saturated heterocycles. The Balaban J connectivity index is 2.12. The van der Waals surface area contributed by atoms with Crippen molar-refractivity contribution >= 4 is 6.16 Å². The molecule has 2 heterocycles. The predicted octanol–water partition coefficient (Wildman–Crippen LogP) is -0.761. The topological polar surface area (TPSA) is 65.0 Å². The van der Waals surface area contributed by atoms with Gasteiger partial charge < -0.3 is 19.3 Å². The lowest BCUT2D eigenvalue weighted by molar-refractivity contribution is -0.108. The minimum atomic E-state index is -1.02. The van der Waals surface area contributed by atoms with E-state index in [1.807, 2.05) is 0 Å². The first-order chi connectivity index (χ1) is 4.77. The van der Waals surface area contributed by atoms with Gasteiger partial charge in [0.05, 0.1) is 6.61 Å². The van der Waals surface area contributed by atoms with Gasteiger partial charge in [-0.1, -0.05) is 0 Å². The molecule has 56 valence electrons. The van der Waals surface area contributed by atoms with E-state index in [1.165, 1.54) is 0 Å². The molecule has 1 unspecified atom stereocenters. The first kappa shape index (κ1) is 5.94. The number of aliphatic hydroxyl groups is 1. The molecule has 0 amide bonds. The summed E-state index contributed by atoms with van der Waals surface area (Å²) in [5, 5.41) is 8.94. The second kappa shape index (κ2) is 1.83. The van der Waals surface area contributed by atoms with Crippen LogP contribution < -0.4 is 0 Å². The first-order valence-corrected chi connectivity index (χ1v) is 2.94. The molecule has 0 spiro atoms. The highest BCUT2D eigenvalue weighted by molar-refractivity contribution is 5.62. The monoisotopic (exact) mass is 146 g/mol. The molecule has 0 radical (unpaired) electrons. The number of carbonyl (C=O) groups excluding carboxylic acids is 1. The summed E-state index contributed by atoms with van der Waals surface area (Å²) in [5.41, 5.74) is 0. The zero-order chi connectivity index (χ0) is 7.14. The Labute approximate surface area is 56.5 Å². The fourth-order valence-corrected chi connectivity index (χ4v) is 1.06. The van der Waals surface area contributed by atoms with Crippen molar-refractivity contribution in [2.75, 3.05) is 6.61 Å². The predicted molar refractivity (Wildman–Crippen MR) is 27.1 cm³/mol. The Morgan fingerprint density at radius 1 is 1.50 bits per heavy atom. The fourth-order valence-electron chi connectivity index (χ4n) is 1.06. The van der Waals surface area contributed by atoms with Gasteiger partial charge in [0, 0.05) is 0 Å². The maximum atomic E-state index is 10.4. The fraction of sp³-hybridized carbons (Fsp3) is 0.800. The van der Waals surface area contributed by atoms with Gasteiger partial charge in [-0.2, -0.15) is 0 Å². The van der Waals surface area contributed by atoms with Gasteiger partial charge in [-0.25, -0.2) is 4.79 Å². The summed E-state index contributed by atoms with van der Waals surface area (Å²) in [6.07, 6.45) is -2.77. The summed E-state index contributed by atoms with van der Waals surface area (Å²) in [6.45, 7) is 0.220. The van der Waals surface area contributed by atoms with E-state index in [0.717, 1.165) is 0 Å². The maximum absolute atomic E-state index is 10.4. The van der Waals surface area contributed by atoms with E-state index < -0.39 is 24.7 Å². The van der Waals surface area contributed by atoms with Crippen molar-refractivity contribution in [3.63, 3.8) is 0 Å². The highest BCUT2D eigenvalue weighted by Crippen LogP contribution is 2.24. The van der Waals surface area contributed by atoms with Crippen LogP contribution in [-0.4, -0.2) is 36.4 Å². The van der Waals surface area contributed by atoms with Gasteiger partial charge >= 0.3 is 6.16 Å². The Bertz CT molecular complexity index is 167. The number of rotatable bonds is 0. The van der Waals surface area contributed by atoms with Crippen molar-refractivity contribution in [3.05, 3.63) is 0 Å². The molecule has 2 fully saturated rings. The van der Waals surface area contributed by atoms with Crippen molar-refractivity contribution in [3.8, 4) is 0 Å². The number of carbonyl (C=O) groups is 1. The summed E-state index contributed by atoms with van der Waals surface area (Å²) >= 11 is 0. The first-order valence-electron chi connectivity index (χ1n) is 2.94. The Hall–Kier alpha value is -0.810. The van der Waals surface area contributed by atoms with Crippen LogP contribution in [0.3, 0.4) is 0 Å². The van der Waals surface area contributed by atoms with Crippen LogP contribution in [-0.2, 0) is 14.2 Å². The van der Waals surface area contributed by atoms with Crippen LogP contribution in [0.1, 0.15) is 0 Å². The Kier molecular flexibility index (Phi) is 1.09. The number of fused-ring (bicyclic) bond motifs is 1. The molecule has 1 N–H and O–H groups in total. The maximum Gasteiger partial charge on any atom is 0.509 e. The van der Waals surface area contributed by atoms with E-state index in [0.29, 0.717) is 0 Å². The zero-order valence-corrected chi connectivity index (χ0v) is 5.02. The molecule has 0 aromatic carbocycles. The van der Waals surface area contributed by atoms with Crippen LogP contribution in [0, 0.1) is 0 Å². The lowest BCUT2D eigenvalue weighted by Crippen LogP contribution is -2.26. The largest absolute Gasteiger partial charge is 0.509 e. The summed E-state index contributed by atoms with van der Waals surface area (Å²) in [4.78, 5) is 10.4. The SMILES string of the molecule is O=C1O[C@H]2COC(O)[C@H]2O1. The normalized spacial score (nSPS) is 44.5. The average molecular weight is 146 g/mol. The molecule has 5 heteroatoms. The molecule has 0 aromatic heterocycles. The number of hydrogen-bond donors (Lipinski definition) is 1. The summed E-state index contributed by atoms with van der Waals surface area (Å²) in [5.74, 6) is 0. The second-order valence-electron chi connectivity index (χ2n) is 2.21. The van der Waals surface area contributed by atoms with E-state index >= 15 is 0 Å². The van der Waals surface area contributed by atoms with Crippen LogP contribution in [0.2, 0.25) is 0 Å². The molecule has 2 aliphatic heterocycles. The van der Waals surface area contributed by atoms with Crippen LogP contribution in [0.15, 0.2) is 0 Å². The second-order valence-corrected chi connectivity index (χ2v) is 2.21. The van der Waals surface area contributed by atoms with Gasteiger partial charge in [0.15, 0.2) is 18.5 Å². The standard InChI is InChI=1S/C5H6O5/c6-4-3-2(1-8-4)9-5(7)10-3/h2-4,6H,1H2/t2-,3-,4?/m0/s1. The highest BCUT2D eigenvalue weighted by atomic mass is 16.8. The smallest absolute Gasteiger partial charge is 0.424 e. The third-order valence-corrected chi connectivity index (χ3v) is 1.56. The molecule has 2 rings (SSSR count). The average Bonchev–Trinajstić information content (AvgIpc) is 2.35. The van der Waals surface area contributed by atoms with E-state index in [2.05, 4.69) is 9.47 Å². The Morgan fingerprint density at radius 3 is 3.00 bits per heavy atom. The van der Waals surface area contributed by atoms with E-state index in [1.54, 1.807) is 0 Å². The van der Waals surface area contributed by atoms with E-state index in [-0.39, 0.29) is 6.61 Å². The molecule has 5 nitrogen and oxygen atoms in total. The number of hydrogen-bond acceptors (Lipinski definition) is 5. The molecular formula is C5H6O5. The number of aliphatic hydroxyl groups excluding tert-OH is 1. The summed E-state index contributed by atoms with van der Waals surface area (Å²) in [6, 6.07) is 0. The molecule has 0 aromatic rings. The van der Waals surface area contributed by atoms with Gasteiger partial charge in [0.1, 0.15) is 0 Å². The number of ether oxygens (including phenoxy) is 3. The molecule has 0 aliphatic carbocycles. The molecule has 0 saturated carbocycles. The quantitative estimate of drug-likeness (QED) is 0.455. The third kappa shape index (κ3) is 0.676. The van der Waals surface area contributed by atoms with E-state index in [4.69, 9.17) is 9.84 Å². The molecule has 0 bridgehead atoms. The zero-order valence-electron chi connectivity index (χ0n) is 5.02.